The summed E-state index contributed by atoms with van der Waals surface area (Å²) in [6.07, 6.45) is 0.456. The van der Waals surface area contributed by atoms with Crippen LogP contribution in [0.15, 0.2) is 24.3 Å². The molecule has 0 spiro atoms. The normalized spacial score (nSPS) is 22.6. The molecule has 2 aliphatic heterocycles. The van der Waals surface area contributed by atoms with Crippen LogP contribution in [0.2, 0.25) is 0 Å². The fourth-order valence-corrected chi connectivity index (χ4v) is 2.55. The van der Waals surface area contributed by atoms with Crippen molar-refractivity contribution in [1.29, 1.82) is 0 Å². The van der Waals surface area contributed by atoms with Crippen LogP contribution in [0.5, 0.6) is 0 Å². The number of amides is 2. The second kappa shape index (κ2) is 5.73. The topological polar surface area (TPSA) is 59.1 Å². The van der Waals surface area contributed by atoms with Crippen molar-refractivity contribution < 1.29 is 19.1 Å². The van der Waals surface area contributed by atoms with E-state index in [0.29, 0.717) is 19.7 Å². The highest BCUT2D eigenvalue weighted by atomic mass is 16.6. The minimum absolute atomic E-state index is 0.0411. The van der Waals surface area contributed by atoms with Crippen LogP contribution in [0.4, 0.5) is 16.2 Å². The number of nitrogens with zero attached hydrogens (tertiary/aromatic N) is 2. The second-order valence-electron chi connectivity index (χ2n) is 5.14. The van der Waals surface area contributed by atoms with E-state index in [1.54, 1.807) is 9.80 Å². The maximum absolute atomic E-state index is 11.8. The first-order chi connectivity index (χ1) is 10.2. The van der Waals surface area contributed by atoms with Gasteiger partial charge >= 0.3 is 6.09 Å². The number of hydrogen-bond donors (Lipinski definition) is 0. The molecule has 1 unspecified atom stereocenters. The van der Waals surface area contributed by atoms with Gasteiger partial charge in [0.2, 0.25) is 0 Å². The summed E-state index contributed by atoms with van der Waals surface area (Å²) < 4.78 is 10.4. The molecule has 0 aliphatic carbocycles. The van der Waals surface area contributed by atoms with E-state index in [-0.39, 0.29) is 24.7 Å². The Balaban J connectivity index is 1.75. The zero-order valence-electron chi connectivity index (χ0n) is 11.9. The highest BCUT2D eigenvalue weighted by molar-refractivity contribution is 5.95. The lowest BCUT2D eigenvalue weighted by atomic mass is 10.2. The summed E-state index contributed by atoms with van der Waals surface area (Å²) in [5, 5.41) is 0. The Morgan fingerprint density at radius 3 is 2.38 bits per heavy atom. The van der Waals surface area contributed by atoms with Gasteiger partial charge in [0.25, 0.3) is 5.91 Å². The van der Waals surface area contributed by atoms with E-state index >= 15 is 0 Å². The van der Waals surface area contributed by atoms with Crippen LogP contribution < -0.4 is 9.80 Å². The van der Waals surface area contributed by atoms with Crippen molar-refractivity contribution in [2.24, 2.45) is 0 Å². The summed E-state index contributed by atoms with van der Waals surface area (Å²) >= 11 is 0. The van der Waals surface area contributed by atoms with E-state index in [2.05, 4.69) is 0 Å². The molecule has 6 nitrogen and oxygen atoms in total. The quantitative estimate of drug-likeness (QED) is 0.851. The van der Waals surface area contributed by atoms with Gasteiger partial charge in [-0.05, 0) is 30.7 Å². The van der Waals surface area contributed by atoms with Gasteiger partial charge in [0.1, 0.15) is 12.7 Å². The van der Waals surface area contributed by atoms with Gasteiger partial charge < -0.3 is 14.4 Å². The van der Waals surface area contributed by atoms with Crippen molar-refractivity contribution in [3.05, 3.63) is 24.3 Å². The Bertz CT molecular complexity index is 543. The zero-order valence-corrected chi connectivity index (χ0v) is 11.9. The average molecular weight is 290 g/mol. The molecule has 1 atom stereocenters. The smallest absolute Gasteiger partial charge is 0.414 e. The lowest BCUT2D eigenvalue weighted by Crippen LogP contribution is -2.41. The highest BCUT2D eigenvalue weighted by Crippen LogP contribution is 2.26. The minimum atomic E-state index is -0.308. The summed E-state index contributed by atoms with van der Waals surface area (Å²) in [7, 11) is 0. The van der Waals surface area contributed by atoms with Crippen molar-refractivity contribution in [1.82, 2.24) is 0 Å². The van der Waals surface area contributed by atoms with Gasteiger partial charge in [-0.15, -0.1) is 0 Å². The monoisotopic (exact) mass is 290 g/mol. The van der Waals surface area contributed by atoms with E-state index in [9.17, 15) is 9.59 Å². The van der Waals surface area contributed by atoms with Crippen LogP contribution in [0.1, 0.15) is 13.3 Å². The number of anilines is 2. The van der Waals surface area contributed by atoms with E-state index in [4.69, 9.17) is 9.47 Å². The molecule has 1 aromatic carbocycles. The molecule has 3 rings (SSSR count). The Kier molecular flexibility index (Phi) is 3.79. The largest absolute Gasteiger partial charge is 0.444 e. The van der Waals surface area contributed by atoms with Crippen LogP contribution in [-0.4, -0.2) is 44.4 Å². The number of ether oxygens (including phenoxy) is 2. The van der Waals surface area contributed by atoms with Gasteiger partial charge in [-0.3, -0.25) is 9.69 Å². The lowest BCUT2D eigenvalue weighted by Gasteiger charge is -2.27. The van der Waals surface area contributed by atoms with Crippen LogP contribution in [0.3, 0.4) is 0 Å². The van der Waals surface area contributed by atoms with Crippen molar-refractivity contribution in [3.8, 4) is 0 Å². The summed E-state index contributed by atoms with van der Waals surface area (Å²) in [5.41, 5.74) is 1.62. The average Bonchev–Trinajstić information content (AvgIpc) is 2.89. The summed E-state index contributed by atoms with van der Waals surface area (Å²) in [4.78, 5) is 26.9. The molecule has 1 aromatic rings. The minimum Gasteiger partial charge on any atom is -0.444 e. The maximum atomic E-state index is 11.8. The molecule has 0 N–H and O–H groups in total. The van der Waals surface area contributed by atoms with E-state index in [1.165, 1.54) is 0 Å². The molecule has 0 saturated carbocycles. The molecule has 2 heterocycles. The van der Waals surface area contributed by atoms with Gasteiger partial charge in [-0.2, -0.15) is 0 Å². The van der Waals surface area contributed by atoms with Crippen molar-refractivity contribution in [2.75, 3.05) is 36.1 Å². The number of rotatable bonds is 3. The summed E-state index contributed by atoms with van der Waals surface area (Å²) in [5.74, 6) is -0.0411. The van der Waals surface area contributed by atoms with Crippen LogP contribution in [-0.2, 0) is 14.3 Å². The fraction of sp³-hybridized carbons (Fsp3) is 0.467. The van der Waals surface area contributed by atoms with Crippen LogP contribution in [0, 0.1) is 0 Å². The van der Waals surface area contributed by atoms with Gasteiger partial charge in [0, 0.05) is 17.9 Å². The first kappa shape index (κ1) is 13.9. The third kappa shape index (κ3) is 2.71. The molecule has 2 fully saturated rings. The molecule has 6 heteroatoms. The Morgan fingerprint density at radius 1 is 1.14 bits per heavy atom. The number of cyclic esters (lactones) is 1. The fourth-order valence-electron chi connectivity index (χ4n) is 2.55. The SMILES string of the molecule is CCC1CN(c2ccc(N3CCOCC3=O)cc2)C(=O)O1. The predicted molar refractivity (Wildman–Crippen MR) is 77.5 cm³/mol. The van der Waals surface area contributed by atoms with E-state index in [0.717, 1.165) is 17.8 Å². The first-order valence-electron chi connectivity index (χ1n) is 7.15. The maximum Gasteiger partial charge on any atom is 0.414 e. The number of morpholine rings is 1. The third-order valence-electron chi connectivity index (χ3n) is 3.79. The van der Waals surface area contributed by atoms with Crippen molar-refractivity contribution in [2.45, 2.75) is 19.4 Å². The standard InChI is InChI=1S/C15H18N2O4/c1-2-13-9-17(15(19)21-13)12-5-3-11(4-6-12)16-7-8-20-10-14(16)18/h3-6,13H,2,7-10H2,1H3. The number of carbonyl (C=O) groups excluding carboxylic acids is 2. The molecule has 0 aromatic heterocycles. The third-order valence-corrected chi connectivity index (χ3v) is 3.79. The molecule has 0 bridgehead atoms. The second-order valence-corrected chi connectivity index (χ2v) is 5.14. The molecular weight excluding hydrogens is 272 g/mol. The molecular formula is C15H18N2O4. The highest BCUT2D eigenvalue weighted by Gasteiger charge is 2.31. The molecule has 2 amide bonds. The molecule has 0 radical (unpaired) electrons. The summed E-state index contributed by atoms with van der Waals surface area (Å²) in [6, 6.07) is 7.39. The number of carbonyl (C=O) groups is 2. The number of benzene rings is 1. The molecule has 112 valence electrons. The zero-order chi connectivity index (χ0) is 14.8. The molecule has 2 aliphatic rings. The van der Waals surface area contributed by atoms with Crippen LogP contribution in [0.25, 0.3) is 0 Å². The lowest BCUT2D eigenvalue weighted by molar-refractivity contribution is -0.125. The van der Waals surface area contributed by atoms with E-state index in [1.807, 2.05) is 31.2 Å². The molecule has 21 heavy (non-hydrogen) atoms. The van der Waals surface area contributed by atoms with Gasteiger partial charge in [0.05, 0.1) is 13.2 Å². The Labute approximate surface area is 123 Å². The van der Waals surface area contributed by atoms with Crippen molar-refractivity contribution in [3.63, 3.8) is 0 Å². The van der Waals surface area contributed by atoms with Crippen molar-refractivity contribution >= 4 is 23.4 Å². The first-order valence-corrected chi connectivity index (χ1v) is 7.15. The predicted octanol–water partition coefficient (Wildman–Crippen LogP) is 1.79. The Morgan fingerprint density at radius 2 is 1.81 bits per heavy atom. The van der Waals surface area contributed by atoms with E-state index < -0.39 is 0 Å². The molecule has 2 saturated heterocycles. The summed E-state index contributed by atoms with van der Waals surface area (Å²) in [6.45, 7) is 3.80. The Hall–Kier alpha value is -2.08. The number of hydrogen-bond acceptors (Lipinski definition) is 4. The van der Waals surface area contributed by atoms with Crippen LogP contribution >= 0.6 is 0 Å². The van der Waals surface area contributed by atoms with Gasteiger partial charge in [-0.25, -0.2) is 4.79 Å². The van der Waals surface area contributed by atoms with Gasteiger partial charge in [0.15, 0.2) is 0 Å². The van der Waals surface area contributed by atoms with Gasteiger partial charge in [-0.1, -0.05) is 6.92 Å².